The molecular formula is C10H13NOS. The minimum atomic E-state index is 0.191. The predicted molar refractivity (Wildman–Crippen MR) is 57.4 cm³/mol. The van der Waals surface area contributed by atoms with Gasteiger partial charge in [-0.05, 0) is 12.1 Å². The molecule has 0 N–H and O–H groups in total. The lowest BCUT2D eigenvalue weighted by Gasteiger charge is -2.34. The van der Waals surface area contributed by atoms with E-state index in [0.29, 0.717) is 6.61 Å². The molecule has 2 nitrogen and oxygen atoms in total. The van der Waals surface area contributed by atoms with Crippen LogP contribution in [0.25, 0.3) is 0 Å². The topological polar surface area (TPSA) is 12.5 Å². The molecule has 1 aromatic carbocycles. The van der Waals surface area contributed by atoms with Crippen LogP contribution in [0.3, 0.4) is 0 Å². The van der Waals surface area contributed by atoms with Gasteiger partial charge in [-0.25, -0.2) is 0 Å². The third kappa shape index (κ3) is 1.98. The minimum Gasteiger partial charge on any atom is -0.377 e. The number of morpholine rings is 1. The number of thiol groups is 1. The lowest BCUT2D eigenvalue weighted by molar-refractivity contribution is 0.115. The smallest absolute Gasteiger partial charge is 0.0956 e. The quantitative estimate of drug-likeness (QED) is 0.686. The molecule has 2 rings (SSSR count). The Morgan fingerprint density at radius 1 is 1.31 bits per heavy atom. The summed E-state index contributed by atoms with van der Waals surface area (Å²) >= 11 is 4.47. The Bertz CT molecular complexity index is 265. The molecule has 1 aliphatic rings. The molecule has 70 valence electrons. The van der Waals surface area contributed by atoms with Crippen LogP contribution >= 0.6 is 12.6 Å². The molecule has 1 atom stereocenters. The molecule has 0 aromatic heterocycles. The molecule has 1 saturated heterocycles. The molecule has 0 aliphatic carbocycles. The van der Waals surface area contributed by atoms with E-state index in [1.165, 1.54) is 5.69 Å². The maximum Gasteiger partial charge on any atom is 0.0956 e. The zero-order valence-electron chi connectivity index (χ0n) is 7.39. The molecule has 1 heterocycles. The summed E-state index contributed by atoms with van der Waals surface area (Å²) in [6.45, 7) is 2.43. The van der Waals surface area contributed by atoms with Crippen molar-refractivity contribution in [3.63, 3.8) is 0 Å². The number of hydrogen-bond acceptors (Lipinski definition) is 3. The molecule has 1 fully saturated rings. The van der Waals surface area contributed by atoms with Gasteiger partial charge in [-0.3, -0.25) is 0 Å². The van der Waals surface area contributed by atoms with Gasteiger partial charge >= 0.3 is 0 Å². The Morgan fingerprint density at radius 2 is 2.08 bits per heavy atom. The van der Waals surface area contributed by atoms with Crippen LogP contribution in [-0.2, 0) is 4.74 Å². The lowest BCUT2D eigenvalue weighted by Crippen LogP contribution is -2.42. The standard InChI is InChI=1S/C10H13NOS/c13-10-8-12-7-6-11(10)9-4-2-1-3-5-9/h1-5,10,13H,6-8H2. The summed E-state index contributed by atoms with van der Waals surface area (Å²) in [5.41, 5.74) is 1.23. The lowest BCUT2D eigenvalue weighted by atomic mass is 10.2. The first kappa shape index (κ1) is 8.91. The second-order valence-corrected chi connectivity index (χ2v) is 3.68. The zero-order valence-corrected chi connectivity index (χ0v) is 8.28. The third-order valence-corrected chi connectivity index (χ3v) is 2.62. The summed E-state index contributed by atoms with van der Waals surface area (Å²) in [6, 6.07) is 10.3. The van der Waals surface area contributed by atoms with Gasteiger partial charge in [0.1, 0.15) is 0 Å². The van der Waals surface area contributed by atoms with E-state index in [1.807, 2.05) is 18.2 Å². The molecule has 0 amide bonds. The second-order valence-electron chi connectivity index (χ2n) is 3.08. The maximum atomic E-state index is 5.32. The summed E-state index contributed by atoms with van der Waals surface area (Å²) in [6.07, 6.45) is 0. The Morgan fingerprint density at radius 3 is 2.77 bits per heavy atom. The van der Waals surface area contributed by atoms with Crippen molar-refractivity contribution in [3.05, 3.63) is 30.3 Å². The number of ether oxygens (including phenoxy) is 1. The third-order valence-electron chi connectivity index (χ3n) is 2.19. The van der Waals surface area contributed by atoms with Crippen molar-refractivity contribution in [1.82, 2.24) is 0 Å². The summed E-state index contributed by atoms with van der Waals surface area (Å²) in [5.74, 6) is 0. The normalized spacial score (nSPS) is 23.2. The van der Waals surface area contributed by atoms with Crippen molar-refractivity contribution < 1.29 is 4.74 Å². The molecule has 0 radical (unpaired) electrons. The fraction of sp³-hybridized carbons (Fsp3) is 0.400. The molecule has 1 aliphatic heterocycles. The van der Waals surface area contributed by atoms with Crippen molar-refractivity contribution in [2.24, 2.45) is 0 Å². The van der Waals surface area contributed by atoms with Gasteiger partial charge < -0.3 is 9.64 Å². The Kier molecular flexibility index (Phi) is 2.76. The monoisotopic (exact) mass is 195 g/mol. The molecular weight excluding hydrogens is 182 g/mol. The van der Waals surface area contributed by atoms with Crippen LogP contribution < -0.4 is 4.90 Å². The summed E-state index contributed by atoms with van der Waals surface area (Å²) < 4.78 is 5.32. The average molecular weight is 195 g/mol. The van der Waals surface area contributed by atoms with Gasteiger partial charge in [0.15, 0.2) is 0 Å². The van der Waals surface area contributed by atoms with E-state index in [0.717, 1.165) is 13.2 Å². The van der Waals surface area contributed by atoms with Gasteiger partial charge in [-0.1, -0.05) is 18.2 Å². The van der Waals surface area contributed by atoms with Crippen LogP contribution in [0.1, 0.15) is 0 Å². The highest BCUT2D eigenvalue weighted by Crippen LogP contribution is 2.20. The summed E-state index contributed by atoms with van der Waals surface area (Å²) in [4.78, 5) is 2.26. The van der Waals surface area contributed by atoms with Crippen LogP contribution in [0.15, 0.2) is 30.3 Å². The van der Waals surface area contributed by atoms with Gasteiger partial charge in [0.2, 0.25) is 0 Å². The van der Waals surface area contributed by atoms with Gasteiger partial charge in [-0.15, -0.1) is 0 Å². The number of nitrogens with zero attached hydrogens (tertiary/aromatic N) is 1. The number of benzene rings is 1. The van der Waals surface area contributed by atoms with Gasteiger partial charge in [0, 0.05) is 12.2 Å². The van der Waals surface area contributed by atoms with Crippen molar-refractivity contribution >= 4 is 18.3 Å². The summed E-state index contributed by atoms with van der Waals surface area (Å²) in [7, 11) is 0. The number of rotatable bonds is 1. The molecule has 13 heavy (non-hydrogen) atoms. The number of anilines is 1. The van der Waals surface area contributed by atoms with E-state index < -0.39 is 0 Å². The molecule has 1 unspecified atom stereocenters. The van der Waals surface area contributed by atoms with Crippen LogP contribution in [0, 0.1) is 0 Å². The van der Waals surface area contributed by atoms with Crippen LogP contribution in [0.4, 0.5) is 5.69 Å². The van der Waals surface area contributed by atoms with Crippen LogP contribution in [0.5, 0.6) is 0 Å². The second kappa shape index (κ2) is 4.03. The molecule has 1 aromatic rings. The number of hydrogen-bond donors (Lipinski definition) is 1. The van der Waals surface area contributed by atoms with Gasteiger partial charge in [0.25, 0.3) is 0 Å². The van der Waals surface area contributed by atoms with E-state index >= 15 is 0 Å². The Labute approximate surface area is 83.9 Å². The van der Waals surface area contributed by atoms with E-state index in [9.17, 15) is 0 Å². The van der Waals surface area contributed by atoms with Crippen molar-refractivity contribution in [2.45, 2.75) is 5.37 Å². The average Bonchev–Trinajstić information content (AvgIpc) is 2.20. The van der Waals surface area contributed by atoms with Gasteiger partial charge in [-0.2, -0.15) is 12.6 Å². The van der Waals surface area contributed by atoms with Crippen molar-refractivity contribution in [1.29, 1.82) is 0 Å². The van der Waals surface area contributed by atoms with Gasteiger partial charge in [0.05, 0.1) is 18.6 Å². The van der Waals surface area contributed by atoms with E-state index in [4.69, 9.17) is 4.74 Å². The first-order valence-corrected chi connectivity index (χ1v) is 4.97. The fourth-order valence-corrected chi connectivity index (χ4v) is 1.87. The first-order chi connectivity index (χ1) is 6.38. The van der Waals surface area contributed by atoms with Crippen LogP contribution in [-0.4, -0.2) is 25.1 Å². The maximum absolute atomic E-state index is 5.32. The first-order valence-electron chi connectivity index (χ1n) is 4.45. The Balaban J connectivity index is 2.15. The minimum absolute atomic E-state index is 0.191. The van der Waals surface area contributed by atoms with E-state index in [2.05, 4.69) is 29.7 Å². The zero-order chi connectivity index (χ0) is 9.10. The molecule has 0 bridgehead atoms. The largest absolute Gasteiger partial charge is 0.377 e. The van der Waals surface area contributed by atoms with E-state index in [1.54, 1.807) is 0 Å². The highest BCUT2D eigenvalue weighted by Gasteiger charge is 2.18. The molecule has 0 saturated carbocycles. The van der Waals surface area contributed by atoms with Crippen molar-refractivity contribution in [2.75, 3.05) is 24.7 Å². The fourth-order valence-electron chi connectivity index (χ4n) is 1.51. The highest BCUT2D eigenvalue weighted by atomic mass is 32.1. The SMILES string of the molecule is SC1COCCN1c1ccccc1. The highest BCUT2D eigenvalue weighted by molar-refractivity contribution is 7.81. The number of para-hydroxylation sites is 1. The Hall–Kier alpha value is -0.670. The molecule has 0 spiro atoms. The predicted octanol–water partition coefficient (Wildman–Crippen LogP) is 1.78. The molecule has 3 heteroatoms. The van der Waals surface area contributed by atoms with Crippen molar-refractivity contribution in [3.8, 4) is 0 Å². The van der Waals surface area contributed by atoms with Crippen LogP contribution in [0.2, 0.25) is 0 Å². The van der Waals surface area contributed by atoms with E-state index in [-0.39, 0.29) is 5.37 Å². The summed E-state index contributed by atoms with van der Waals surface area (Å²) in [5, 5.41) is 0.191.